The molecular weight excluding hydrogens is 352 g/mol. The van der Waals surface area contributed by atoms with Crippen LogP contribution in [-0.4, -0.2) is 17.3 Å². The number of phenolic OH excluding ortho intramolecular Hbond substituents is 1. The molecule has 1 heterocycles. The van der Waals surface area contributed by atoms with Gasteiger partial charge in [0.1, 0.15) is 5.75 Å². The molecule has 0 saturated heterocycles. The average Bonchev–Trinajstić information content (AvgIpc) is 3.08. The Morgan fingerprint density at radius 3 is 2.68 bits per heavy atom. The summed E-state index contributed by atoms with van der Waals surface area (Å²) in [6, 6.07) is 14.8. The Labute approximate surface area is 155 Å². The van der Waals surface area contributed by atoms with Crippen molar-refractivity contribution in [1.29, 1.82) is 0 Å². The molecule has 0 fully saturated rings. The molecule has 0 aliphatic carbocycles. The Balaban J connectivity index is 1.79. The van der Waals surface area contributed by atoms with Crippen LogP contribution in [0.3, 0.4) is 0 Å². The maximum Gasteiger partial charge on any atom is 0.265 e. The zero-order valence-electron chi connectivity index (χ0n) is 13.9. The van der Waals surface area contributed by atoms with Crippen molar-refractivity contribution >= 4 is 40.6 Å². The molecular formula is C19H18N2O2S2. The molecule has 1 aromatic heterocycles. The SMILES string of the molecule is CSNc1cccc(NC(=O)c2cc(-c3cccc(O)c3C)cs2)c1. The molecule has 6 heteroatoms. The van der Waals surface area contributed by atoms with Crippen molar-refractivity contribution < 1.29 is 9.90 Å². The first kappa shape index (κ1) is 17.4. The van der Waals surface area contributed by atoms with Gasteiger partial charge in [0.25, 0.3) is 5.91 Å². The van der Waals surface area contributed by atoms with E-state index in [0.29, 0.717) is 4.88 Å². The van der Waals surface area contributed by atoms with Crippen molar-refractivity contribution in [3.63, 3.8) is 0 Å². The van der Waals surface area contributed by atoms with Crippen LogP contribution in [0.5, 0.6) is 5.75 Å². The highest BCUT2D eigenvalue weighted by atomic mass is 32.2. The number of amides is 1. The normalized spacial score (nSPS) is 10.5. The van der Waals surface area contributed by atoms with E-state index >= 15 is 0 Å². The molecule has 25 heavy (non-hydrogen) atoms. The van der Waals surface area contributed by atoms with Crippen LogP contribution in [0.2, 0.25) is 0 Å². The van der Waals surface area contributed by atoms with E-state index in [9.17, 15) is 9.90 Å². The van der Waals surface area contributed by atoms with Gasteiger partial charge in [-0.25, -0.2) is 0 Å². The fourth-order valence-corrected chi connectivity index (χ4v) is 3.67. The van der Waals surface area contributed by atoms with Crippen LogP contribution in [0.1, 0.15) is 15.2 Å². The lowest BCUT2D eigenvalue weighted by molar-refractivity contribution is 0.103. The van der Waals surface area contributed by atoms with Crippen molar-refractivity contribution in [3.8, 4) is 16.9 Å². The Hall–Kier alpha value is -2.44. The molecule has 2 aromatic carbocycles. The van der Waals surface area contributed by atoms with Crippen molar-refractivity contribution in [2.45, 2.75) is 6.92 Å². The molecule has 0 atom stereocenters. The van der Waals surface area contributed by atoms with Crippen LogP contribution >= 0.6 is 23.3 Å². The minimum Gasteiger partial charge on any atom is -0.508 e. The second-order valence-corrected chi connectivity index (χ2v) is 7.01. The van der Waals surface area contributed by atoms with E-state index < -0.39 is 0 Å². The summed E-state index contributed by atoms with van der Waals surface area (Å²) in [7, 11) is 0. The summed E-state index contributed by atoms with van der Waals surface area (Å²) in [4.78, 5) is 13.1. The summed E-state index contributed by atoms with van der Waals surface area (Å²) in [6.45, 7) is 1.87. The summed E-state index contributed by atoms with van der Waals surface area (Å²) in [5, 5.41) is 14.7. The van der Waals surface area contributed by atoms with Gasteiger partial charge in [0.2, 0.25) is 0 Å². The maximum absolute atomic E-state index is 12.5. The number of benzene rings is 2. The Morgan fingerprint density at radius 2 is 1.88 bits per heavy atom. The van der Waals surface area contributed by atoms with Gasteiger partial charge < -0.3 is 15.1 Å². The second kappa shape index (κ2) is 7.63. The number of nitrogens with one attached hydrogen (secondary N) is 2. The number of aromatic hydroxyl groups is 1. The van der Waals surface area contributed by atoms with Gasteiger partial charge >= 0.3 is 0 Å². The van der Waals surface area contributed by atoms with Crippen LogP contribution in [-0.2, 0) is 0 Å². The van der Waals surface area contributed by atoms with Gasteiger partial charge in [0.15, 0.2) is 0 Å². The molecule has 3 N–H and O–H groups in total. The average molecular weight is 370 g/mol. The van der Waals surface area contributed by atoms with E-state index in [1.165, 1.54) is 23.3 Å². The van der Waals surface area contributed by atoms with E-state index in [1.54, 1.807) is 12.1 Å². The Morgan fingerprint density at radius 1 is 1.12 bits per heavy atom. The largest absolute Gasteiger partial charge is 0.508 e. The number of phenols is 1. The number of rotatable bonds is 5. The van der Waals surface area contributed by atoms with Gasteiger partial charge in [-0.05, 0) is 59.3 Å². The van der Waals surface area contributed by atoms with Gasteiger partial charge in [-0.3, -0.25) is 4.79 Å². The number of carbonyl (C=O) groups excluding carboxylic acids is 1. The van der Waals surface area contributed by atoms with Crippen LogP contribution in [0.25, 0.3) is 11.1 Å². The predicted octanol–water partition coefficient (Wildman–Crippen LogP) is 5.37. The summed E-state index contributed by atoms with van der Waals surface area (Å²) >= 11 is 2.89. The standard InChI is InChI=1S/C19H18N2O2S2/c1-12-16(7-4-8-17(12)22)13-9-18(25-11-13)19(23)20-14-5-3-6-15(10-14)21-24-2/h3-11,21-22H,1-2H3,(H,20,23). The third-order valence-electron chi connectivity index (χ3n) is 3.78. The van der Waals surface area contributed by atoms with Crippen LogP contribution in [0.4, 0.5) is 11.4 Å². The number of hydrogen-bond donors (Lipinski definition) is 3. The van der Waals surface area contributed by atoms with Gasteiger partial charge in [0.05, 0.1) is 4.88 Å². The van der Waals surface area contributed by atoms with Crippen molar-refractivity contribution in [3.05, 3.63) is 64.4 Å². The van der Waals surface area contributed by atoms with E-state index in [4.69, 9.17) is 0 Å². The summed E-state index contributed by atoms with van der Waals surface area (Å²) in [5.74, 6) is 0.114. The van der Waals surface area contributed by atoms with Crippen molar-refractivity contribution in [2.75, 3.05) is 16.3 Å². The first-order valence-electron chi connectivity index (χ1n) is 7.66. The lowest BCUT2D eigenvalue weighted by Gasteiger charge is -2.07. The lowest BCUT2D eigenvalue weighted by atomic mass is 10.0. The molecule has 0 radical (unpaired) electrons. The molecule has 0 saturated carbocycles. The van der Waals surface area contributed by atoms with E-state index in [-0.39, 0.29) is 11.7 Å². The van der Waals surface area contributed by atoms with Gasteiger partial charge in [-0.2, -0.15) is 0 Å². The summed E-state index contributed by atoms with van der Waals surface area (Å²) < 4.78 is 3.14. The summed E-state index contributed by atoms with van der Waals surface area (Å²) in [6.07, 6.45) is 1.95. The first-order chi connectivity index (χ1) is 12.1. The highest BCUT2D eigenvalue weighted by molar-refractivity contribution is 7.99. The number of hydrogen-bond acceptors (Lipinski definition) is 5. The molecule has 0 spiro atoms. The molecule has 3 aromatic rings. The minimum absolute atomic E-state index is 0.143. The van der Waals surface area contributed by atoms with E-state index in [2.05, 4.69) is 10.0 Å². The molecule has 3 rings (SSSR count). The van der Waals surface area contributed by atoms with E-state index in [1.807, 2.05) is 55.0 Å². The first-order valence-corrected chi connectivity index (χ1v) is 9.77. The molecule has 128 valence electrons. The molecule has 4 nitrogen and oxygen atoms in total. The van der Waals surface area contributed by atoms with Gasteiger partial charge in [-0.1, -0.05) is 30.1 Å². The van der Waals surface area contributed by atoms with Crippen LogP contribution < -0.4 is 10.0 Å². The highest BCUT2D eigenvalue weighted by Crippen LogP contribution is 2.32. The lowest BCUT2D eigenvalue weighted by Crippen LogP contribution is -2.10. The minimum atomic E-state index is -0.143. The smallest absolute Gasteiger partial charge is 0.265 e. The molecule has 0 unspecified atom stereocenters. The zero-order valence-corrected chi connectivity index (χ0v) is 15.5. The molecule has 0 aliphatic rings. The molecule has 0 aliphatic heterocycles. The van der Waals surface area contributed by atoms with Crippen LogP contribution in [0.15, 0.2) is 53.9 Å². The Bertz CT molecular complexity index is 906. The number of carbonyl (C=O) groups is 1. The van der Waals surface area contributed by atoms with Gasteiger partial charge in [-0.15, -0.1) is 11.3 Å². The third kappa shape index (κ3) is 3.97. The number of thiophene rings is 1. The topological polar surface area (TPSA) is 61.4 Å². The number of anilines is 2. The molecule has 0 bridgehead atoms. The van der Waals surface area contributed by atoms with E-state index in [0.717, 1.165) is 28.1 Å². The quantitative estimate of drug-likeness (QED) is 0.528. The summed E-state index contributed by atoms with van der Waals surface area (Å²) in [5.41, 5.74) is 4.35. The highest BCUT2D eigenvalue weighted by Gasteiger charge is 2.13. The second-order valence-electron chi connectivity index (χ2n) is 5.49. The maximum atomic E-state index is 12.5. The zero-order chi connectivity index (χ0) is 17.8. The predicted molar refractivity (Wildman–Crippen MR) is 108 cm³/mol. The van der Waals surface area contributed by atoms with Crippen molar-refractivity contribution in [1.82, 2.24) is 0 Å². The molecule has 1 amide bonds. The monoisotopic (exact) mass is 370 g/mol. The fraction of sp³-hybridized carbons (Fsp3) is 0.105. The van der Waals surface area contributed by atoms with Gasteiger partial charge in [0, 0.05) is 17.6 Å². The third-order valence-corrected chi connectivity index (χ3v) is 5.15. The Kier molecular flexibility index (Phi) is 5.31. The van der Waals surface area contributed by atoms with Crippen LogP contribution in [0, 0.1) is 6.92 Å². The fourth-order valence-electron chi connectivity index (χ4n) is 2.50. The van der Waals surface area contributed by atoms with Crippen molar-refractivity contribution in [2.24, 2.45) is 0 Å².